The fourth-order valence-corrected chi connectivity index (χ4v) is 6.08. The number of halogens is 3. The van der Waals surface area contributed by atoms with Crippen LogP contribution in [-0.2, 0) is 21.4 Å². The highest BCUT2D eigenvalue weighted by molar-refractivity contribution is 8.01. The number of aromatic nitrogens is 4. The topological polar surface area (TPSA) is 157 Å². The summed E-state index contributed by atoms with van der Waals surface area (Å²) >= 11 is 19.7. The zero-order chi connectivity index (χ0) is 26.9. The second-order valence-corrected chi connectivity index (χ2v) is 12.3. The number of carboxylic acid groups (broad SMARTS) is 1. The fraction of sp³-hybridized carbons (Fsp3) is 0.350. The summed E-state index contributed by atoms with van der Waals surface area (Å²) in [7, 11) is 1.66. The first-order chi connectivity index (χ1) is 17.5. The Balaban J connectivity index is 1.55. The van der Waals surface area contributed by atoms with Gasteiger partial charge in [-0.25, -0.2) is 14.3 Å². The molecular formula is C20H17Cl3N6O6S2. The summed E-state index contributed by atoms with van der Waals surface area (Å²) in [5.74, 6) is -2.85. The van der Waals surface area contributed by atoms with E-state index in [1.165, 1.54) is 57.4 Å². The average molecular weight is 608 g/mol. The van der Waals surface area contributed by atoms with Gasteiger partial charge in [0.15, 0.2) is 0 Å². The predicted octanol–water partition coefficient (Wildman–Crippen LogP) is 1.88. The van der Waals surface area contributed by atoms with Crippen LogP contribution in [0.1, 0.15) is 20.7 Å². The molecule has 1 fully saturated rings. The number of carboxylic acids is 1. The number of carbonyl (C=O) groups is 4. The van der Waals surface area contributed by atoms with Crippen LogP contribution in [0.5, 0.6) is 0 Å². The molecule has 12 nitrogen and oxygen atoms in total. The normalized spacial score (nSPS) is 19.2. The lowest BCUT2D eigenvalue weighted by atomic mass is 10.0. The van der Waals surface area contributed by atoms with E-state index in [1.54, 1.807) is 7.05 Å². The van der Waals surface area contributed by atoms with Gasteiger partial charge in [0.25, 0.3) is 11.8 Å². The molecule has 2 aromatic rings. The summed E-state index contributed by atoms with van der Waals surface area (Å²) in [6.45, 7) is -0.542. The molecule has 0 aliphatic carbocycles. The molecule has 4 rings (SSSR count). The van der Waals surface area contributed by atoms with E-state index >= 15 is 0 Å². The largest absolute Gasteiger partial charge is 0.478 e. The quantitative estimate of drug-likeness (QED) is 0.195. The molecule has 37 heavy (non-hydrogen) atoms. The summed E-state index contributed by atoms with van der Waals surface area (Å²) in [6.07, 6.45) is 0. The van der Waals surface area contributed by atoms with Gasteiger partial charge in [0.1, 0.15) is 23.7 Å². The van der Waals surface area contributed by atoms with Gasteiger partial charge in [-0.15, -0.1) is 16.9 Å². The van der Waals surface area contributed by atoms with Crippen LogP contribution in [0.2, 0.25) is 0 Å². The molecule has 196 valence electrons. The highest BCUT2D eigenvalue weighted by Gasteiger charge is 2.54. The van der Waals surface area contributed by atoms with Crippen LogP contribution in [0.4, 0.5) is 0 Å². The van der Waals surface area contributed by atoms with E-state index in [4.69, 9.17) is 39.5 Å². The van der Waals surface area contributed by atoms with E-state index in [0.717, 1.165) is 0 Å². The predicted molar refractivity (Wildman–Crippen MR) is 136 cm³/mol. The van der Waals surface area contributed by atoms with Crippen molar-refractivity contribution in [3.8, 4) is 0 Å². The highest BCUT2D eigenvalue weighted by atomic mass is 35.6. The van der Waals surface area contributed by atoms with Gasteiger partial charge in [-0.2, -0.15) is 0 Å². The molecule has 2 atom stereocenters. The maximum absolute atomic E-state index is 13.1. The minimum absolute atomic E-state index is 0.0120. The van der Waals surface area contributed by atoms with Crippen molar-refractivity contribution in [2.45, 2.75) is 20.4 Å². The summed E-state index contributed by atoms with van der Waals surface area (Å²) in [5.41, 5.74) is 0.266. The minimum Gasteiger partial charge on any atom is -0.478 e. The summed E-state index contributed by atoms with van der Waals surface area (Å²) in [6, 6.07) is 4.66. The highest BCUT2D eigenvalue weighted by Crippen LogP contribution is 2.42. The molecule has 0 bridgehead atoms. The number of alkyl halides is 3. The molecule has 1 unspecified atom stereocenters. The van der Waals surface area contributed by atoms with Crippen LogP contribution in [-0.4, -0.2) is 87.3 Å². The van der Waals surface area contributed by atoms with Crippen LogP contribution >= 0.6 is 58.3 Å². The number of aromatic carboxylic acids is 1. The standard InChI is InChI=1S/C20H17Cl3N6O6S2/c1-28-19(25-26-27-28)37-7-9-6-36-16-12(24-14(30)10-4-2-3-5-11(10)17(32)33)15(31)29(16)13(9)18(34)35-8-20(21,22)23/h2-5,12,16H,6-8H2,1H3,(H,24,30)(H,32,33)/t12?,16-/m1/s1. The van der Waals surface area contributed by atoms with Crippen LogP contribution in [0.15, 0.2) is 40.7 Å². The lowest BCUT2D eigenvalue weighted by Crippen LogP contribution is -2.70. The Kier molecular flexibility index (Phi) is 8.23. The number of ether oxygens (including phenoxy) is 1. The second kappa shape index (κ2) is 11.1. The number of benzene rings is 1. The summed E-state index contributed by atoms with van der Waals surface area (Å²) in [4.78, 5) is 51.7. The van der Waals surface area contributed by atoms with Crippen molar-refractivity contribution in [3.63, 3.8) is 0 Å². The van der Waals surface area contributed by atoms with Gasteiger partial charge in [0.2, 0.25) is 8.95 Å². The molecular weight excluding hydrogens is 591 g/mol. The maximum Gasteiger partial charge on any atom is 0.355 e. The average Bonchev–Trinajstić information content (AvgIpc) is 3.27. The first kappa shape index (κ1) is 27.5. The van der Waals surface area contributed by atoms with Crippen LogP contribution < -0.4 is 5.32 Å². The number of rotatable bonds is 8. The van der Waals surface area contributed by atoms with Crippen molar-refractivity contribution in [2.75, 3.05) is 18.1 Å². The van der Waals surface area contributed by atoms with Gasteiger partial charge >= 0.3 is 11.9 Å². The number of aryl methyl sites for hydroxylation is 1. The number of nitrogens with one attached hydrogen (secondary N) is 1. The Morgan fingerprint density at radius 3 is 2.59 bits per heavy atom. The minimum atomic E-state index is -1.86. The number of carbonyl (C=O) groups excluding carboxylic acids is 3. The molecule has 0 saturated carbocycles. The van der Waals surface area contributed by atoms with Gasteiger partial charge in [-0.3, -0.25) is 14.5 Å². The number of fused-ring (bicyclic) bond motifs is 1. The Bertz CT molecular complexity index is 1300. The third kappa shape index (κ3) is 5.98. The summed E-state index contributed by atoms with van der Waals surface area (Å²) < 4.78 is 4.77. The maximum atomic E-state index is 13.1. The second-order valence-electron chi connectivity index (χ2n) is 7.73. The Morgan fingerprint density at radius 2 is 1.97 bits per heavy atom. The number of hydrogen-bond acceptors (Lipinski definition) is 10. The van der Waals surface area contributed by atoms with E-state index in [2.05, 4.69) is 20.8 Å². The van der Waals surface area contributed by atoms with Crippen molar-refractivity contribution in [1.29, 1.82) is 0 Å². The molecule has 1 saturated heterocycles. The van der Waals surface area contributed by atoms with E-state index in [-0.39, 0.29) is 22.6 Å². The van der Waals surface area contributed by atoms with Gasteiger partial charge in [0, 0.05) is 18.6 Å². The van der Waals surface area contributed by atoms with Gasteiger partial charge in [-0.1, -0.05) is 58.7 Å². The van der Waals surface area contributed by atoms with Crippen molar-refractivity contribution >= 4 is 82.1 Å². The van der Waals surface area contributed by atoms with Gasteiger partial charge < -0.3 is 15.2 Å². The number of amides is 2. The summed E-state index contributed by atoms with van der Waals surface area (Å²) in [5, 5.41) is 23.0. The SMILES string of the molecule is Cn1nnnc1SCC1=C(C(=O)OCC(Cl)(Cl)Cl)N2C(=O)C(NC(=O)c3ccccc3C(=O)O)[C@H]2SC1. The van der Waals surface area contributed by atoms with E-state index in [9.17, 15) is 24.3 Å². The number of β-lactam (4-membered cyclic amide) rings is 1. The van der Waals surface area contributed by atoms with Gasteiger partial charge in [-0.05, 0) is 28.1 Å². The van der Waals surface area contributed by atoms with E-state index < -0.39 is 45.6 Å². The Morgan fingerprint density at radius 1 is 1.27 bits per heavy atom. The molecule has 1 aromatic heterocycles. The lowest BCUT2D eigenvalue weighted by molar-refractivity contribution is -0.151. The van der Waals surface area contributed by atoms with Gasteiger partial charge in [0.05, 0.1) is 11.1 Å². The van der Waals surface area contributed by atoms with Crippen LogP contribution in [0.25, 0.3) is 0 Å². The fourth-order valence-electron chi connectivity index (χ4n) is 3.58. The van der Waals surface area contributed by atoms with E-state index in [1.807, 2.05) is 0 Å². The first-order valence-electron chi connectivity index (χ1n) is 10.4. The van der Waals surface area contributed by atoms with Crippen LogP contribution in [0.3, 0.4) is 0 Å². The van der Waals surface area contributed by atoms with Crippen LogP contribution in [0, 0.1) is 0 Å². The molecule has 2 aliphatic heterocycles. The Labute approximate surface area is 233 Å². The monoisotopic (exact) mass is 606 g/mol. The van der Waals surface area contributed by atoms with Crippen molar-refractivity contribution < 1.29 is 29.0 Å². The molecule has 17 heteroatoms. The smallest absolute Gasteiger partial charge is 0.355 e. The number of tetrazole rings is 1. The number of esters is 1. The molecule has 2 aliphatic rings. The number of hydrogen-bond donors (Lipinski definition) is 2. The zero-order valence-corrected chi connectivity index (χ0v) is 22.7. The molecule has 2 amide bonds. The van der Waals surface area contributed by atoms with Crippen molar-refractivity contribution in [1.82, 2.24) is 30.4 Å². The molecule has 1 aromatic carbocycles. The van der Waals surface area contributed by atoms with E-state index in [0.29, 0.717) is 16.5 Å². The number of thioether (sulfide) groups is 2. The van der Waals surface area contributed by atoms with Crippen molar-refractivity contribution in [3.05, 3.63) is 46.7 Å². The lowest BCUT2D eigenvalue weighted by Gasteiger charge is -2.49. The molecule has 2 N–H and O–H groups in total. The number of nitrogens with zero attached hydrogens (tertiary/aromatic N) is 5. The molecule has 0 spiro atoms. The zero-order valence-electron chi connectivity index (χ0n) is 18.8. The first-order valence-corrected chi connectivity index (χ1v) is 13.5. The molecule has 3 heterocycles. The molecule has 0 radical (unpaired) electrons. The Hall–Kier alpha value is -2.52. The third-order valence-corrected chi connectivity index (χ3v) is 8.02. The third-order valence-electron chi connectivity index (χ3n) is 5.25. The van der Waals surface area contributed by atoms with Crippen molar-refractivity contribution in [2.24, 2.45) is 7.05 Å².